The van der Waals surface area contributed by atoms with Crippen molar-refractivity contribution in [1.29, 1.82) is 0 Å². The molecule has 4 nitrogen and oxygen atoms in total. The van der Waals surface area contributed by atoms with Crippen molar-refractivity contribution in [2.45, 2.75) is 58.5 Å². The quantitative estimate of drug-likeness (QED) is 0.438. The number of hydrogen-bond donors (Lipinski definition) is 1. The van der Waals surface area contributed by atoms with Crippen molar-refractivity contribution in [3.8, 4) is 0 Å². The number of aliphatic imine (C=N–C) groups is 1. The molecular formula is C15H31N3O. The lowest BCUT2D eigenvalue weighted by atomic mass is 10.1. The van der Waals surface area contributed by atoms with Crippen molar-refractivity contribution in [3.63, 3.8) is 0 Å². The zero-order valence-electron chi connectivity index (χ0n) is 13.0. The van der Waals surface area contributed by atoms with Crippen molar-refractivity contribution < 1.29 is 4.74 Å². The number of likely N-dealkylation sites (tertiary alicyclic amines) is 1. The van der Waals surface area contributed by atoms with E-state index in [0.717, 1.165) is 45.0 Å². The molecule has 1 heterocycles. The molecule has 112 valence electrons. The largest absolute Gasteiger partial charge is 0.378 e. The van der Waals surface area contributed by atoms with E-state index in [0.29, 0.717) is 6.10 Å². The van der Waals surface area contributed by atoms with Gasteiger partial charge in [0.15, 0.2) is 5.96 Å². The Hall–Kier alpha value is -0.770. The third-order valence-corrected chi connectivity index (χ3v) is 3.67. The van der Waals surface area contributed by atoms with Crippen molar-refractivity contribution >= 4 is 5.96 Å². The molecule has 0 saturated carbocycles. The van der Waals surface area contributed by atoms with Gasteiger partial charge in [-0.2, -0.15) is 0 Å². The summed E-state index contributed by atoms with van der Waals surface area (Å²) in [5.41, 5.74) is 0. The molecule has 1 rings (SSSR count). The van der Waals surface area contributed by atoms with Gasteiger partial charge in [0.05, 0.1) is 6.10 Å². The van der Waals surface area contributed by atoms with Crippen molar-refractivity contribution in [2.75, 3.05) is 33.3 Å². The lowest BCUT2D eigenvalue weighted by Gasteiger charge is -2.34. The standard InChI is InChI=1S/C15H31N3O/c1-4-6-7-8-11-17-15(16-3)18-12-9-14(10-13-18)19-5-2/h14H,4-13H2,1-3H3,(H,16,17). The summed E-state index contributed by atoms with van der Waals surface area (Å²) in [7, 11) is 1.88. The van der Waals surface area contributed by atoms with Gasteiger partial charge in [0.25, 0.3) is 0 Å². The molecule has 0 radical (unpaired) electrons. The Morgan fingerprint density at radius 1 is 1.21 bits per heavy atom. The predicted molar refractivity (Wildman–Crippen MR) is 81.7 cm³/mol. The van der Waals surface area contributed by atoms with Gasteiger partial charge in [-0.1, -0.05) is 26.2 Å². The molecule has 0 atom stereocenters. The Balaban J connectivity index is 2.21. The smallest absolute Gasteiger partial charge is 0.193 e. The molecule has 0 aliphatic carbocycles. The molecule has 0 aromatic rings. The maximum absolute atomic E-state index is 5.68. The fourth-order valence-electron chi connectivity index (χ4n) is 2.55. The minimum Gasteiger partial charge on any atom is -0.378 e. The molecule has 1 fully saturated rings. The number of piperidine rings is 1. The molecule has 1 aliphatic heterocycles. The van der Waals surface area contributed by atoms with Crippen LogP contribution in [0.5, 0.6) is 0 Å². The topological polar surface area (TPSA) is 36.9 Å². The summed E-state index contributed by atoms with van der Waals surface area (Å²) in [5.74, 6) is 1.06. The van der Waals surface area contributed by atoms with Crippen LogP contribution in [0.4, 0.5) is 0 Å². The normalized spacial score (nSPS) is 17.8. The molecule has 0 amide bonds. The third kappa shape index (κ3) is 6.28. The fourth-order valence-corrected chi connectivity index (χ4v) is 2.55. The zero-order valence-corrected chi connectivity index (χ0v) is 13.0. The summed E-state index contributed by atoms with van der Waals surface area (Å²) < 4.78 is 5.68. The molecule has 0 spiro atoms. The Morgan fingerprint density at radius 2 is 1.95 bits per heavy atom. The molecule has 1 aliphatic rings. The number of unbranched alkanes of at least 4 members (excludes halogenated alkanes) is 3. The van der Waals surface area contributed by atoms with Gasteiger partial charge in [-0.3, -0.25) is 4.99 Å². The molecule has 0 aromatic heterocycles. The van der Waals surface area contributed by atoms with Gasteiger partial charge in [0.1, 0.15) is 0 Å². The van der Waals surface area contributed by atoms with Crippen molar-refractivity contribution in [3.05, 3.63) is 0 Å². The highest BCUT2D eigenvalue weighted by atomic mass is 16.5. The van der Waals surface area contributed by atoms with Gasteiger partial charge in [-0.25, -0.2) is 0 Å². The van der Waals surface area contributed by atoms with Gasteiger partial charge >= 0.3 is 0 Å². The Kier molecular flexibility index (Phi) is 8.63. The minimum absolute atomic E-state index is 0.448. The van der Waals surface area contributed by atoms with E-state index in [9.17, 15) is 0 Å². The number of nitrogens with zero attached hydrogens (tertiary/aromatic N) is 2. The summed E-state index contributed by atoms with van der Waals surface area (Å²) in [4.78, 5) is 6.75. The predicted octanol–water partition coefficient (Wildman–Crippen LogP) is 2.64. The summed E-state index contributed by atoms with van der Waals surface area (Å²) in [6, 6.07) is 0. The van der Waals surface area contributed by atoms with Crippen molar-refractivity contribution in [1.82, 2.24) is 10.2 Å². The second-order valence-corrected chi connectivity index (χ2v) is 5.18. The van der Waals surface area contributed by atoms with Crippen LogP contribution in [0.3, 0.4) is 0 Å². The van der Waals surface area contributed by atoms with E-state index in [1.165, 1.54) is 25.7 Å². The van der Waals surface area contributed by atoms with E-state index >= 15 is 0 Å². The van der Waals surface area contributed by atoms with E-state index in [4.69, 9.17) is 4.74 Å². The SMILES string of the molecule is CCCCCCNC(=NC)N1CCC(OCC)CC1. The van der Waals surface area contributed by atoms with Crippen LogP contribution in [0, 0.1) is 0 Å². The molecule has 1 N–H and O–H groups in total. The van der Waals surface area contributed by atoms with Crippen LogP contribution in [-0.2, 0) is 4.74 Å². The van der Waals surface area contributed by atoms with E-state index in [1.807, 2.05) is 7.05 Å². The zero-order chi connectivity index (χ0) is 13.9. The van der Waals surface area contributed by atoms with Gasteiger partial charge < -0.3 is 15.0 Å². The first-order valence-electron chi connectivity index (χ1n) is 7.89. The number of guanidine groups is 1. The van der Waals surface area contributed by atoms with Crippen LogP contribution in [-0.4, -0.2) is 50.3 Å². The highest BCUT2D eigenvalue weighted by Crippen LogP contribution is 2.13. The molecule has 0 unspecified atom stereocenters. The number of ether oxygens (including phenoxy) is 1. The second kappa shape index (κ2) is 10.1. The van der Waals surface area contributed by atoms with Crippen LogP contribution >= 0.6 is 0 Å². The second-order valence-electron chi connectivity index (χ2n) is 5.18. The number of rotatable bonds is 7. The van der Waals surface area contributed by atoms with Gasteiger partial charge in [0.2, 0.25) is 0 Å². The summed E-state index contributed by atoms with van der Waals surface area (Å²) >= 11 is 0. The first-order valence-corrected chi connectivity index (χ1v) is 7.89. The maximum atomic E-state index is 5.68. The van der Waals surface area contributed by atoms with E-state index in [-0.39, 0.29) is 0 Å². The molecular weight excluding hydrogens is 238 g/mol. The highest BCUT2D eigenvalue weighted by molar-refractivity contribution is 5.79. The molecule has 0 aromatic carbocycles. The molecule has 4 heteroatoms. The monoisotopic (exact) mass is 269 g/mol. The Labute approximate surface area is 118 Å². The van der Waals surface area contributed by atoms with E-state index in [2.05, 4.69) is 29.1 Å². The average Bonchev–Trinajstić information content (AvgIpc) is 2.44. The van der Waals surface area contributed by atoms with Gasteiger partial charge in [-0.15, -0.1) is 0 Å². The summed E-state index contributed by atoms with van der Waals surface area (Å²) in [5, 5.41) is 3.48. The Morgan fingerprint density at radius 3 is 2.53 bits per heavy atom. The van der Waals surface area contributed by atoms with Crippen LogP contribution in [0.25, 0.3) is 0 Å². The lowest BCUT2D eigenvalue weighted by Crippen LogP contribution is -2.47. The highest BCUT2D eigenvalue weighted by Gasteiger charge is 2.21. The summed E-state index contributed by atoms with van der Waals surface area (Å²) in [6.07, 6.45) is 7.85. The summed E-state index contributed by atoms with van der Waals surface area (Å²) in [6.45, 7) is 8.30. The van der Waals surface area contributed by atoms with Crippen LogP contribution in [0.15, 0.2) is 4.99 Å². The molecule has 0 bridgehead atoms. The third-order valence-electron chi connectivity index (χ3n) is 3.67. The molecule has 1 saturated heterocycles. The molecule has 19 heavy (non-hydrogen) atoms. The lowest BCUT2D eigenvalue weighted by molar-refractivity contribution is 0.0264. The van der Waals surface area contributed by atoms with Gasteiger partial charge in [0, 0.05) is 33.3 Å². The van der Waals surface area contributed by atoms with Crippen LogP contribution < -0.4 is 5.32 Å². The number of nitrogens with one attached hydrogen (secondary N) is 1. The van der Waals surface area contributed by atoms with E-state index < -0.39 is 0 Å². The average molecular weight is 269 g/mol. The maximum Gasteiger partial charge on any atom is 0.193 e. The van der Waals surface area contributed by atoms with E-state index in [1.54, 1.807) is 0 Å². The minimum atomic E-state index is 0.448. The number of hydrogen-bond acceptors (Lipinski definition) is 2. The van der Waals surface area contributed by atoms with Gasteiger partial charge in [-0.05, 0) is 26.2 Å². The van der Waals surface area contributed by atoms with Crippen LogP contribution in [0.1, 0.15) is 52.4 Å². The fraction of sp³-hybridized carbons (Fsp3) is 0.933. The Bertz CT molecular complexity index is 248. The first-order chi connectivity index (χ1) is 9.31. The van der Waals surface area contributed by atoms with Crippen LogP contribution in [0.2, 0.25) is 0 Å². The van der Waals surface area contributed by atoms with Crippen molar-refractivity contribution in [2.24, 2.45) is 4.99 Å². The first kappa shape index (κ1) is 16.3.